The minimum Gasteiger partial charge on any atom is -0.388 e. The third kappa shape index (κ3) is 2.45. The topological polar surface area (TPSA) is 53.8 Å². The van der Waals surface area contributed by atoms with Gasteiger partial charge in [-0.1, -0.05) is 31.2 Å². The Kier molecular flexibility index (Phi) is 3.71. The second-order valence-corrected chi connectivity index (χ2v) is 4.20. The van der Waals surface area contributed by atoms with E-state index in [0.717, 1.165) is 6.42 Å². The highest BCUT2D eigenvalue weighted by atomic mass is 32.1. The largest absolute Gasteiger partial charge is 0.388 e. The molecule has 0 aliphatic heterocycles. The third-order valence-corrected chi connectivity index (χ3v) is 3.12. The summed E-state index contributed by atoms with van der Waals surface area (Å²) in [5.41, 5.74) is 2.50. The third-order valence-electron chi connectivity index (χ3n) is 2.81. The molecule has 0 saturated heterocycles. The monoisotopic (exact) mass is 249 g/mol. The number of rotatable bonds is 4. The molecule has 0 fully saturated rings. The number of aromatic nitrogens is 3. The Hall–Kier alpha value is -1.46. The zero-order chi connectivity index (χ0) is 12.3. The van der Waals surface area contributed by atoms with Gasteiger partial charge >= 0.3 is 0 Å². The van der Waals surface area contributed by atoms with Crippen molar-refractivity contribution < 1.29 is 5.11 Å². The summed E-state index contributed by atoms with van der Waals surface area (Å²) >= 11 is 5.15. The molecule has 5 heteroatoms. The van der Waals surface area contributed by atoms with Crippen LogP contribution >= 0.6 is 12.2 Å². The molecule has 0 amide bonds. The molecule has 0 aliphatic rings. The summed E-state index contributed by atoms with van der Waals surface area (Å²) in [5.74, 6) is 0.570. The van der Waals surface area contributed by atoms with Gasteiger partial charge in [0.15, 0.2) is 10.6 Å². The van der Waals surface area contributed by atoms with E-state index in [4.69, 9.17) is 12.2 Å². The van der Waals surface area contributed by atoms with Crippen molar-refractivity contribution in [3.63, 3.8) is 0 Å². The fraction of sp³-hybridized carbons (Fsp3) is 0.333. The molecule has 90 valence electrons. The zero-order valence-corrected chi connectivity index (χ0v) is 10.5. The zero-order valence-electron chi connectivity index (χ0n) is 9.68. The van der Waals surface area contributed by atoms with Gasteiger partial charge < -0.3 is 5.11 Å². The smallest absolute Gasteiger partial charge is 0.195 e. The Bertz CT molecular complexity index is 559. The van der Waals surface area contributed by atoms with Crippen molar-refractivity contribution in [2.24, 2.45) is 0 Å². The van der Waals surface area contributed by atoms with E-state index >= 15 is 0 Å². The number of nitrogens with zero attached hydrogens (tertiary/aromatic N) is 2. The van der Waals surface area contributed by atoms with Crippen LogP contribution in [-0.4, -0.2) is 19.9 Å². The Morgan fingerprint density at radius 1 is 1.35 bits per heavy atom. The lowest BCUT2D eigenvalue weighted by Gasteiger charge is -2.09. The Morgan fingerprint density at radius 3 is 2.71 bits per heavy atom. The predicted molar refractivity (Wildman–Crippen MR) is 68.3 cm³/mol. The Balaban J connectivity index is 2.37. The number of H-pyrrole nitrogens is 1. The molecule has 1 aromatic carbocycles. The molecule has 2 aromatic rings. The number of aromatic amines is 1. The van der Waals surface area contributed by atoms with Crippen molar-refractivity contribution >= 4 is 12.2 Å². The van der Waals surface area contributed by atoms with Crippen molar-refractivity contribution in [3.05, 3.63) is 46.0 Å². The number of aryl methyl sites for hydroxylation is 1. The maximum absolute atomic E-state index is 9.19. The normalized spacial score (nSPS) is 10.7. The van der Waals surface area contributed by atoms with Crippen LogP contribution in [0.1, 0.15) is 23.9 Å². The first-order chi connectivity index (χ1) is 8.26. The molecule has 0 bridgehead atoms. The molecule has 0 aliphatic carbocycles. The van der Waals surface area contributed by atoms with E-state index in [9.17, 15) is 5.11 Å². The average Bonchev–Trinajstić information content (AvgIpc) is 2.71. The second-order valence-electron chi connectivity index (χ2n) is 3.81. The summed E-state index contributed by atoms with van der Waals surface area (Å²) in [6.07, 6.45) is 0.982. The fourth-order valence-electron chi connectivity index (χ4n) is 1.86. The molecule has 1 aromatic heterocycles. The molecule has 0 unspecified atom stereocenters. The molecular formula is C12H15N3OS. The molecule has 0 atom stereocenters. The molecule has 17 heavy (non-hydrogen) atoms. The number of aliphatic hydroxyl groups excluding tert-OH is 1. The van der Waals surface area contributed by atoms with Gasteiger partial charge in [0.25, 0.3) is 0 Å². The van der Waals surface area contributed by atoms with E-state index in [1.807, 2.05) is 16.7 Å². The number of hydrogen-bond acceptors (Lipinski definition) is 3. The summed E-state index contributed by atoms with van der Waals surface area (Å²) in [7, 11) is 0. The summed E-state index contributed by atoms with van der Waals surface area (Å²) in [6.45, 7) is 2.66. The quantitative estimate of drug-likeness (QED) is 0.815. The summed E-state index contributed by atoms with van der Waals surface area (Å²) in [6, 6.07) is 8.23. The second kappa shape index (κ2) is 5.25. The fourth-order valence-corrected chi connectivity index (χ4v) is 2.08. The lowest BCUT2D eigenvalue weighted by Crippen LogP contribution is -2.07. The van der Waals surface area contributed by atoms with Gasteiger partial charge in [0, 0.05) is 0 Å². The number of hydrogen-bond donors (Lipinski definition) is 2. The molecule has 0 radical (unpaired) electrons. The summed E-state index contributed by atoms with van der Waals surface area (Å²) < 4.78 is 2.36. The van der Waals surface area contributed by atoms with E-state index in [-0.39, 0.29) is 6.61 Å². The van der Waals surface area contributed by atoms with Gasteiger partial charge in [0.05, 0.1) is 6.54 Å². The van der Waals surface area contributed by atoms with Crippen LogP contribution in [0.5, 0.6) is 0 Å². The lowest BCUT2D eigenvalue weighted by atomic mass is 10.1. The molecule has 0 saturated carbocycles. The molecule has 1 heterocycles. The maximum atomic E-state index is 9.19. The van der Waals surface area contributed by atoms with Crippen LogP contribution in [0.3, 0.4) is 0 Å². The van der Waals surface area contributed by atoms with Crippen molar-refractivity contribution in [2.45, 2.75) is 26.5 Å². The van der Waals surface area contributed by atoms with Crippen LogP contribution in [0.25, 0.3) is 0 Å². The van der Waals surface area contributed by atoms with Gasteiger partial charge in [-0.25, -0.2) is 0 Å². The van der Waals surface area contributed by atoms with Crippen LogP contribution in [-0.2, 0) is 19.6 Å². The highest BCUT2D eigenvalue weighted by Gasteiger charge is 2.07. The van der Waals surface area contributed by atoms with Gasteiger partial charge in [-0.05, 0) is 29.8 Å². The Morgan fingerprint density at radius 2 is 2.06 bits per heavy atom. The number of benzene rings is 1. The highest BCUT2D eigenvalue weighted by Crippen LogP contribution is 2.12. The minimum absolute atomic E-state index is 0.110. The summed E-state index contributed by atoms with van der Waals surface area (Å²) in [5, 5.41) is 15.9. The van der Waals surface area contributed by atoms with Crippen LogP contribution in [0, 0.1) is 4.77 Å². The van der Waals surface area contributed by atoms with E-state index in [2.05, 4.69) is 29.3 Å². The number of nitrogens with one attached hydrogen (secondary N) is 1. The molecule has 4 nitrogen and oxygen atoms in total. The maximum Gasteiger partial charge on any atom is 0.195 e. The van der Waals surface area contributed by atoms with Crippen LogP contribution in [0.4, 0.5) is 0 Å². The Labute approximate surface area is 105 Å². The van der Waals surface area contributed by atoms with Crippen LogP contribution in [0.15, 0.2) is 24.3 Å². The van der Waals surface area contributed by atoms with Gasteiger partial charge in [0.2, 0.25) is 0 Å². The van der Waals surface area contributed by atoms with Gasteiger partial charge in [-0.2, -0.15) is 5.10 Å². The predicted octanol–water partition coefficient (Wildman–Crippen LogP) is 2.04. The van der Waals surface area contributed by atoms with Crippen molar-refractivity contribution in [3.8, 4) is 0 Å². The molecule has 0 spiro atoms. The SMILES string of the molecule is CCc1ccccc1Cn1c(CO)n[nH]c1=S. The van der Waals surface area contributed by atoms with Crippen molar-refractivity contribution in [2.75, 3.05) is 0 Å². The molecule has 2 rings (SSSR count). The first-order valence-electron chi connectivity index (χ1n) is 5.58. The first kappa shape index (κ1) is 12.0. The van der Waals surface area contributed by atoms with Crippen molar-refractivity contribution in [1.29, 1.82) is 0 Å². The van der Waals surface area contributed by atoms with Crippen molar-refractivity contribution in [1.82, 2.24) is 14.8 Å². The van der Waals surface area contributed by atoms with E-state index in [0.29, 0.717) is 17.1 Å². The minimum atomic E-state index is -0.110. The molecule has 2 N–H and O–H groups in total. The van der Waals surface area contributed by atoms with E-state index in [1.165, 1.54) is 11.1 Å². The lowest BCUT2D eigenvalue weighted by molar-refractivity contribution is 0.265. The van der Waals surface area contributed by atoms with Crippen LogP contribution < -0.4 is 0 Å². The van der Waals surface area contributed by atoms with E-state index in [1.54, 1.807) is 0 Å². The molecular weight excluding hydrogens is 234 g/mol. The van der Waals surface area contributed by atoms with Gasteiger partial charge in [-0.15, -0.1) is 0 Å². The summed E-state index contributed by atoms with van der Waals surface area (Å²) in [4.78, 5) is 0. The van der Waals surface area contributed by atoms with Gasteiger partial charge in [0.1, 0.15) is 6.61 Å². The first-order valence-corrected chi connectivity index (χ1v) is 5.98. The van der Waals surface area contributed by atoms with Gasteiger partial charge in [-0.3, -0.25) is 9.67 Å². The number of aliphatic hydroxyl groups is 1. The standard InChI is InChI=1S/C12H15N3OS/c1-2-9-5-3-4-6-10(9)7-15-11(8-16)13-14-12(15)17/h3-6,16H,2,7-8H2,1H3,(H,14,17). The average molecular weight is 249 g/mol. The van der Waals surface area contributed by atoms with Crippen LogP contribution in [0.2, 0.25) is 0 Å². The van der Waals surface area contributed by atoms with E-state index < -0.39 is 0 Å². The highest BCUT2D eigenvalue weighted by molar-refractivity contribution is 7.71.